The average molecular weight is 446 g/mol. The average Bonchev–Trinajstić information content (AvgIpc) is 2.49. The predicted octanol–water partition coefficient (Wildman–Crippen LogP) is 4.24. The van der Waals surface area contributed by atoms with Gasteiger partial charge in [0.25, 0.3) is 10.0 Å². The Bertz CT molecular complexity index is 806. The van der Waals surface area contributed by atoms with Gasteiger partial charge in [-0.3, -0.25) is 4.31 Å². The van der Waals surface area contributed by atoms with Crippen LogP contribution < -0.4 is 4.31 Å². The molecule has 22 heavy (non-hydrogen) atoms. The van der Waals surface area contributed by atoms with E-state index < -0.39 is 10.0 Å². The lowest BCUT2D eigenvalue weighted by molar-refractivity contribution is 0.593. The summed E-state index contributed by atoms with van der Waals surface area (Å²) in [7, 11) is -3.67. The van der Waals surface area contributed by atoms with Crippen LogP contribution in [0.1, 0.15) is 5.56 Å². The van der Waals surface area contributed by atoms with Gasteiger partial charge in [-0.25, -0.2) is 8.42 Å². The second-order valence-electron chi connectivity index (χ2n) is 4.57. The van der Waals surface area contributed by atoms with Gasteiger partial charge in [-0.05, 0) is 47.2 Å². The number of hydrogen-bond acceptors (Lipinski definition) is 2. The maximum atomic E-state index is 12.9. The molecule has 2 aromatic carbocycles. The molecule has 0 fully saturated rings. The second kappa shape index (κ2) is 7.36. The van der Waals surface area contributed by atoms with E-state index in [4.69, 9.17) is 11.6 Å². The number of hydrogen-bond donors (Lipinski definition) is 0. The lowest BCUT2D eigenvalue weighted by Crippen LogP contribution is -2.31. The Kier molecular flexibility index (Phi) is 5.73. The minimum Gasteiger partial charge on any atom is -0.254 e. The molecule has 0 aliphatic carbocycles. The lowest BCUT2D eigenvalue weighted by Gasteiger charge is -2.22. The first-order chi connectivity index (χ1) is 10.4. The molecular formula is C16H13ClINO2S. The van der Waals surface area contributed by atoms with Gasteiger partial charge in [0, 0.05) is 27.6 Å². The number of anilines is 1. The third kappa shape index (κ3) is 3.94. The molecule has 0 aromatic heterocycles. The van der Waals surface area contributed by atoms with E-state index in [2.05, 4.69) is 9.85 Å². The fourth-order valence-corrected chi connectivity index (χ4v) is 3.53. The number of benzene rings is 2. The molecule has 3 nitrogen and oxygen atoms in total. The molecule has 0 amide bonds. The van der Waals surface area contributed by atoms with E-state index in [0.717, 1.165) is 5.56 Å². The van der Waals surface area contributed by atoms with Gasteiger partial charge in [0.15, 0.2) is 0 Å². The predicted molar refractivity (Wildman–Crippen MR) is 99.0 cm³/mol. The van der Waals surface area contributed by atoms with Gasteiger partial charge in [-0.2, -0.15) is 0 Å². The first kappa shape index (κ1) is 17.1. The van der Waals surface area contributed by atoms with Gasteiger partial charge in [-0.1, -0.05) is 35.2 Å². The number of halogens is 2. The van der Waals surface area contributed by atoms with Crippen molar-refractivity contribution in [3.63, 3.8) is 0 Å². The standard InChI is InChI=1S/C16H13ClINO2S/c1-13-3-9-16(10-4-13)22(20,21)19(12-2-11-18)15-7-5-14(17)6-8-15/h3-10H,12H2,1H3. The van der Waals surface area contributed by atoms with Crippen LogP contribution in [0.5, 0.6) is 0 Å². The van der Waals surface area contributed by atoms with Crippen molar-refractivity contribution in [1.82, 2.24) is 0 Å². The molecule has 0 heterocycles. The van der Waals surface area contributed by atoms with Crippen LogP contribution in [0.2, 0.25) is 5.02 Å². The smallest absolute Gasteiger partial charge is 0.254 e. The van der Waals surface area contributed by atoms with E-state index >= 15 is 0 Å². The summed E-state index contributed by atoms with van der Waals surface area (Å²) in [4.78, 5) is 0.239. The highest BCUT2D eigenvalue weighted by molar-refractivity contribution is 14.1. The molecule has 0 unspecified atom stereocenters. The molecule has 0 aliphatic rings. The number of sulfonamides is 1. The molecule has 0 radical (unpaired) electrons. The molecular weight excluding hydrogens is 433 g/mol. The third-order valence-electron chi connectivity index (χ3n) is 3.01. The van der Waals surface area contributed by atoms with Crippen molar-refractivity contribution < 1.29 is 8.42 Å². The van der Waals surface area contributed by atoms with Crippen molar-refractivity contribution >= 4 is 49.9 Å². The molecule has 0 atom stereocenters. The molecule has 2 rings (SSSR count). The largest absolute Gasteiger partial charge is 0.265 e. The van der Waals surface area contributed by atoms with Gasteiger partial charge < -0.3 is 0 Å². The Hall–Kier alpha value is -1.23. The number of nitrogens with zero attached hydrogens (tertiary/aromatic N) is 1. The van der Waals surface area contributed by atoms with E-state index in [1.54, 1.807) is 48.5 Å². The minimum absolute atomic E-state index is 0.0841. The summed E-state index contributed by atoms with van der Waals surface area (Å²) < 4.78 is 29.7. The van der Waals surface area contributed by atoms with Crippen molar-refractivity contribution in [2.45, 2.75) is 11.8 Å². The van der Waals surface area contributed by atoms with Crippen LogP contribution in [0.15, 0.2) is 53.4 Å². The fourth-order valence-electron chi connectivity index (χ4n) is 1.86. The third-order valence-corrected chi connectivity index (χ3v) is 5.43. The highest BCUT2D eigenvalue weighted by atomic mass is 127. The van der Waals surface area contributed by atoms with Gasteiger partial charge in [0.2, 0.25) is 0 Å². The molecule has 114 valence electrons. The van der Waals surface area contributed by atoms with E-state index in [9.17, 15) is 8.42 Å². The zero-order valence-electron chi connectivity index (χ0n) is 11.8. The highest BCUT2D eigenvalue weighted by Gasteiger charge is 2.24. The Morgan fingerprint density at radius 3 is 2.23 bits per heavy atom. The maximum absolute atomic E-state index is 12.9. The summed E-state index contributed by atoms with van der Waals surface area (Å²) in [6.07, 6.45) is 0. The van der Waals surface area contributed by atoms with Gasteiger partial charge in [-0.15, -0.1) is 0 Å². The zero-order chi connectivity index (χ0) is 16.2. The Morgan fingerprint density at radius 2 is 1.68 bits per heavy atom. The molecule has 0 aliphatic heterocycles. The maximum Gasteiger partial charge on any atom is 0.265 e. The SMILES string of the molecule is Cc1ccc(S(=O)(=O)N(CC#CI)c2ccc(Cl)cc2)cc1. The van der Waals surface area contributed by atoms with E-state index in [-0.39, 0.29) is 11.4 Å². The molecule has 0 saturated heterocycles. The Morgan fingerprint density at radius 1 is 1.09 bits per heavy atom. The van der Waals surface area contributed by atoms with Crippen LogP contribution in [0.4, 0.5) is 5.69 Å². The van der Waals surface area contributed by atoms with Crippen LogP contribution in [-0.2, 0) is 10.0 Å². The van der Waals surface area contributed by atoms with Crippen LogP contribution in [0.3, 0.4) is 0 Å². The summed E-state index contributed by atoms with van der Waals surface area (Å²) in [6, 6.07) is 13.4. The van der Waals surface area contributed by atoms with Gasteiger partial charge >= 0.3 is 0 Å². The van der Waals surface area contributed by atoms with E-state index in [1.807, 2.05) is 29.5 Å². The molecule has 6 heteroatoms. The normalized spacial score (nSPS) is 10.7. The highest BCUT2D eigenvalue weighted by Crippen LogP contribution is 2.25. The lowest BCUT2D eigenvalue weighted by atomic mass is 10.2. The van der Waals surface area contributed by atoms with Crippen molar-refractivity contribution in [2.75, 3.05) is 10.8 Å². The van der Waals surface area contributed by atoms with Crippen LogP contribution in [0.25, 0.3) is 0 Å². The Balaban J connectivity index is 2.49. The fraction of sp³-hybridized carbons (Fsp3) is 0.125. The number of rotatable bonds is 4. The van der Waals surface area contributed by atoms with Crippen molar-refractivity contribution in [3.05, 3.63) is 59.1 Å². The Labute approximate surface area is 149 Å². The first-order valence-corrected chi connectivity index (χ1v) is 9.28. The second-order valence-corrected chi connectivity index (χ2v) is 7.41. The summed E-state index contributed by atoms with van der Waals surface area (Å²) >= 11 is 7.76. The molecule has 0 N–H and O–H groups in total. The summed E-state index contributed by atoms with van der Waals surface area (Å²) in [5.74, 6) is 2.80. The minimum atomic E-state index is -3.67. The van der Waals surface area contributed by atoms with Gasteiger partial charge in [0.1, 0.15) is 0 Å². The summed E-state index contributed by atoms with van der Waals surface area (Å²) in [6.45, 7) is 2.00. The quantitative estimate of drug-likeness (QED) is 0.521. The summed E-state index contributed by atoms with van der Waals surface area (Å²) in [5.41, 5.74) is 1.54. The van der Waals surface area contributed by atoms with Crippen LogP contribution in [-0.4, -0.2) is 15.0 Å². The molecule has 0 saturated carbocycles. The van der Waals surface area contributed by atoms with Crippen molar-refractivity contribution in [2.24, 2.45) is 0 Å². The monoisotopic (exact) mass is 445 g/mol. The zero-order valence-corrected chi connectivity index (χ0v) is 15.5. The summed E-state index contributed by atoms with van der Waals surface area (Å²) in [5, 5.41) is 0.552. The van der Waals surface area contributed by atoms with E-state index in [0.29, 0.717) is 10.7 Å². The topological polar surface area (TPSA) is 37.4 Å². The molecule has 2 aromatic rings. The van der Waals surface area contributed by atoms with Crippen LogP contribution >= 0.6 is 34.2 Å². The molecule has 0 bridgehead atoms. The first-order valence-electron chi connectivity index (χ1n) is 6.38. The van der Waals surface area contributed by atoms with Gasteiger partial charge in [0.05, 0.1) is 17.1 Å². The van der Waals surface area contributed by atoms with Crippen molar-refractivity contribution in [3.8, 4) is 9.85 Å². The van der Waals surface area contributed by atoms with E-state index in [1.165, 1.54) is 4.31 Å². The van der Waals surface area contributed by atoms with Crippen molar-refractivity contribution in [1.29, 1.82) is 0 Å². The van der Waals surface area contributed by atoms with Crippen LogP contribution in [0, 0.1) is 16.8 Å². The molecule has 0 spiro atoms. The number of aryl methyl sites for hydroxylation is 1.